The van der Waals surface area contributed by atoms with Gasteiger partial charge in [0.2, 0.25) is 0 Å². The van der Waals surface area contributed by atoms with E-state index in [4.69, 9.17) is 4.74 Å². The Morgan fingerprint density at radius 2 is 1.88 bits per heavy atom. The molecule has 0 aliphatic carbocycles. The Hall–Kier alpha value is -3.15. The first kappa shape index (κ1) is 19.2. The molecule has 0 fully saturated rings. The summed E-state index contributed by atoms with van der Waals surface area (Å²) in [4.78, 5) is 23.5. The lowest BCUT2D eigenvalue weighted by Gasteiger charge is -2.05. The zero-order chi connectivity index (χ0) is 18.6. The van der Waals surface area contributed by atoms with Gasteiger partial charge >= 0.3 is 11.8 Å². The van der Waals surface area contributed by atoms with Gasteiger partial charge in [0.25, 0.3) is 0 Å². The van der Waals surface area contributed by atoms with E-state index in [1.165, 1.54) is 6.21 Å². The molecule has 6 nitrogen and oxygen atoms in total. The van der Waals surface area contributed by atoms with Crippen LogP contribution in [0.3, 0.4) is 0 Å². The molecule has 0 radical (unpaired) electrons. The van der Waals surface area contributed by atoms with Gasteiger partial charge in [0.15, 0.2) is 0 Å². The summed E-state index contributed by atoms with van der Waals surface area (Å²) in [7, 11) is 0. The highest BCUT2D eigenvalue weighted by atomic mass is 16.5. The van der Waals surface area contributed by atoms with Crippen molar-refractivity contribution in [3.05, 3.63) is 65.7 Å². The topological polar surface area (TPSA) is 79.8 Å². The lowest BCUT2D eigenvalue weighted by atomic mass is 10.1. The zero-order valence-corrected chi connectivity index (χ0v) is 14.8. The summed E-state index contributed by atoms with van der Waals surface area (Å²) in [6.45, 7) is 3.06. The highest BCUT2D eigenvalue weighted by molar-refractivity contribution is 6.35. The summed E-state index contributed by atoms with van der Waals surface area (Å²) in [6.07, 6.45) is 3.05. The SMILES string of the molecule is CCCOc1cccc(/C=N\NC(=O)C(=O)NCCc2ccccc2)c1. The monoisotopic (exact) mass is 353 g/mol. The van der Waals surface area contributed by atoms with Crippen molar-refractivity contribution in [2.75, 3.05) is 13.2 Å². The molecule has 0 saturated carbocycles. The molecule has 0 unspecified atom stereocenters. The lowest BCUT2D eigenvalue weighted by molar-refractivity contribution is -0.139. The minimum absolute atomic E-state index is 0.386. The van der Waals surface area contributed by atoms with E-state index in [-0.39, 0.29) is 0 Å². The van der Waals surface area contributed by atoms with Gasteiger partial charge in [0.1, 0.15) is 5.75 Å². The van der Waals surface area contributed by atoms with Crippen LogP contribution in [0.25, 0.3) is 0 Å². The van der Waals surface area contributed by atoms with Crippen LogP contribution in [0.2, 0.25) is 0 Å². The minimum atomic E-state index is -0.798. The first-order chi connectivity index (χ1) is 12.7. The first-order valence-electron chi connectivity index (χ1n) is 8.57. The van der Waals surface area contributed by atoms with Crippen molar-refractivity contribution < 1.29 is 14.3 Å². The van der Waals surface area contributed by atoms with Crippen molar-refractivity contribution in [3.8, 4) is 5.75 Å². The van der Waals surface area contributed by atoms with Crippen molar-refractivity contribution in [2.24, 2.45) is 5.10 Å². The second kappa shape index (κ2) is 10.7. The average Bonchev–Trinajstić information content (AvgIpc) is 2.67. The van der Waals surface area contributed by atoms with Gasteiger partial charge in [-0.25, -0.2) is 5.43 Å². The van der Waals surface area contributed by atoms with E-state index >= 15 is 0 Å². The summed E-state index contributed by atoms with van der Waals surface area (Å²) >= 11 is 0. The number of hydrogen-bond acceptors (Lipinski definition) is 4. The van der Waals surface area contributed by atoms with Crippen LogP contribution in [0, 0.1) is 0 Å². The number of hydrogen-bond donors (Lipinski definition) is 2. The highest BCUT2D eigenvalue weighted by Gasteiger charge is 2.11. The molecule has 2 N–H and O–H groups in total. The summed E-state index contributed by atoms with van der Waals surface area (Å²) in [5.41, 5.74) is 4.08. The Bertz CT molecular complexity index is 745. The molecule has 0 heterocycles. The van der Waals surface area contributed by atoms with E-state index in [2.05, 4.69) is 15.8 Å². The van der Waals surface area contributed by atoms with Crippen LogP contribution in [0.1, 0.15) is 24.5 Å². The van der Waals surface area contributed by atoms with Gasteiger partial charge in [-0.3, -0.25) is 9.59 Å². The highest BCUT2D eigenvalue weighted by Crippen LogP contribution is 2.12. The number of carbonyl (C=O) groups excluding carboxylic acids is 2. The quantitative estimate of drug-likeness (QED) is 0.434. The standard InChI is InChI=1S/C20H23N3O3/c1-2-13-26-18-10-6-9-17(14-18)15-22-23-20(25)19(24)21-12-11-16-7-4-3-5-8-16/h3-10,14-15H,2,11-13H2,1H3,(H,21,24)(H,23,25)/b22-15-. The maximum Gasteiger partial charge on any atom is 0.329 e. The molecule has 0 aliphatic heterocycles. The molecule has 136 valence electrons. The van der Waals surface area contributed by atoms with Crippen LogP contribution in [0.15, 0.2) is 59.7 Å². The lowest BCUT2D eigenvalue weighted by Crippen LogP contribution is -2.38. The number of hydrazone groups is 1. The maximum atomic E-state index is 11.7. The van der Waals surface area contributed by atoms with E-state index < -0.39 is 11.8 Å². The van der Waals surface area contributed by atoms with Gasteiger partial charge in [-0.05, 0) is 36.1 Å². The van der Waals surface area contributed by atoms with E-state index in [0.29, 0.717) is 19.6 Å². The fourth-order valence-electron chi connectivity index (χ4n) is 2.17. The van der Waals surface area contributed by atoms with Gasteiger partial charge in [-0.15, -0.1) is 0 Å². The first-order valence-corrected chi connectivity index (χ1v) is 8.57. The zero-order valence-electron chi connectivity index (χ0n) is 14.8. The summed E-state index contributed by atoms with van der Waals surface area (Å²) in [6, 6.07) is 17.1. The van der Waals surface area contributed by atoms with Crippen molar-refractivity contribution in [3.63, 3.8) is 0 Å². The second-order valence-corrected chi connectivity index (χ2v) is 5.61. The summed E-state index contributed by atoms with van der Waals surface area (Å²) in [5, 5.41) is 6.38. The molecule has 2 rings (SSSR count). The van der Waals surface area contributed by atoms with Gasteiger partial charge < -0.3 is 10.1 Å². The third-order valence-electron chi connectivity index (χ3n) is 3.46. The number of carbonyl (C=O) groups is 2. The van der Waals surface area contributed by atoms with Gasteiger partial charge in [-0.2, -0.15) is 5.10 Å². The molecule has 26 heavy (non-hydrogen) atoms. The molecule has 0 saturated heterocycles. The van der Waals surface area contributed by atoms with E-state index in [0.717, 1.165) is 23.3 Å². The van der Waals surface area contributed by atoms with Crippen LogP contribution >= 0.6 is 0 Å². The van der Waals surface area contributed by atoms with Crippen LogP contribution in [-0.2, 0) is 16.0 Å². The van der Waals surface area contributed by atoms with E-state index in [9.17, 15) is 9.59 Å². The number of nitrogens with one attached hydrogen (secondary N) is 2. The number of amides is 2. The van der Waals surface area contributed by atoms with Crippen LogP contribution in [0.4, 0.5) is 0 Å². The molecule has 0 bridgehead atoms. The van der Waals surface area contributed by atoms with Crippen molar-refractivity contribution in [1.29, 1.82) is 0 Å². The largest absolute Gasteiger partial charge is 0.494 e. The minimum Gasteiger partial charge on any atom is -0.494 e. The molecular weight excluding hydrogens is 330 g/mol. The average molecular weight is 353 g/mol. The molecule has 6 heteroatoms. The van der Waals surface area contributed by atoms with Crippen LogP contribution in [-0.4, -0.2) is 31.2 Å². The second-order valence-electron chi connectivity index (χ2n) is 5.61. The molecule has 0 spiro atoms. The van der Waals surface area contributed by atoms with Gasteiger partial charge in [-0.1, -0.05) is 49.4 Å². The van der Waals surface area contributed by atoms with Gasteiger partial charge in [0.05, 0.1) is 12.8 Å². The fraction of sp³-hybridized carbons (Fsp3) is 0.250. The molecule has 0 aliphatic rings. The van der Waals surface area contributed by atoms with Crippen molar-refractivity contribution >= 4 is 18.0 Å². The molecule has 0 aromatic heterocycles. The fourth-order valence-corrected chi connectivity index (χ4v) is 2.17. The smallest absolute Gasteiger partial charge is 0.329 e. The Morgan fingerprint density at radius 1 is 1.08 bits per heavy atom. The summed E-state index contributed by atoms with van der Waals surface area (Å²) in [5.74, 6) is -0.772. The Balaban J connectivity index is 1.74. The maximum absolute atomic E-state index is 11.7. The van der Waals surface area contributed by atoms with Crippen LogP contribution < -0.4 is 15.5 Å². The van der Waals surface area contributed by atoms with E-state index in [1.54, 1.807) is 0 Å². The number of ether oxygens (including phenoxy) is 1. The van der Waals surface area contributed by atoms with Crippen LogP contribution in [0.5, 0.6) is 5.75 Å². The predicted octanol–water partition coefficient (Wildman–Crippen LogP) is 2.28. The van der Waals surface area contributed by atoms with Gasteiger partial charge in [0, 0.05) is 6.54 Å². The summed E-state index contributed by atoms with van der Waals surface area (Å²) < 4.78 is 5.53. The Kier molecular flexibility index (Phi) is 7.86. The predicted molar refractivity (Wildman–Crippen MR) is 101 cm³/mol. The normalized spacial score (nSPS) is 10.5. The number of benzene rings is 2. The molecule has 2 amide bonds. The molecule has 0 atom stereocenters. The number of nitrogens with zero attached hydrogens (tertiary/aromatic N) is 1. The Labute approximate surface area is 153 Å². The Morgan fingerprint density at radius 3 is 2.65 bits per heavy atom. The van der Waals surface area contributed by atoms with Crippen molar-refractivity contribution in [2.45, 2.75) is 19.8 Å². The third kappa shape index (κ3) is 6.76. The molecular formula is C20H23N3O3. The third-order valence-corrected chi connectivity index (χ3v) is 3.46. The molecule has 2 aromatic carbocycles. The van der Waals surface area contributed by atoms with E-state index in [1.807, 2.05) is 61.5 Å². The number of rotatable bonds is 8. The molecule has 2 aromatic rings. The van der Waals surface area contributed by atoms with Crippen molar-refractivity contribution in [1.82, 2.24) is 10.7 Å².